The van der Waals surface area contributed by atoms with E-state index in [1.807, 2.05) is 0 Å². The van der Waals surface area contributed by atoms with Crippen molar-refractivity contribution < 1.29 is 9.84 Å². The van der Waals surface area contributed by atoms with Crippen molar-refractivity contribution in [3.8, 4) is 0 Å². The standard InChI is InChI=1S/C12H25NO2/c1-4-10(2)13(8-9-15-3)11-6-5-7-12(11)14/h10-12,14H,4-9H2,1-3H3/t10?,11-,12-/m0/s1. The van der Waals surface area contributed by atoms with E-state index >= 15 is 0 Å². The van der Waals surface area contributed by atoms with Crippen LogP contribution in [0.25, 0.3) is 0 Å². The highest BCUT2D eigenvalue weighted by Crippen LogP contribution is 2.26. The second-order valence-electron chi connectivity index (χ2n) is 4.55. The molecule has 90 valence electrons. The van der Waals surface area contributed by atoms with E-state index < -0.39 is 0 Å². The number of aliphatic hydroxyl groups is 1. The van der Waals surface area contributed by atoms with Crippen LogP contribution in [0, 0.1) is 0 Å². The van der Waals surface area contributed by atoms with Crippen LogP contribution in [0.2, 0.25) is 0 Å². The lowest BCUT2D eigenvalue weighted by atomic mass is 10.1. The fourth-order valence-corrected chi connectivity index (χ4v) is 2.45. The fourth-order valence-electron chi connectivity index (χ4n) is 2.45. The highest BCUT2D eigenvalue weighted by atomic mass is 16.5. The summed E-state index contributed by atoms with van der Waals surface area (Å²) in [5.74, 6) is 0. The lowest BCUT2D eigenvalue weighted by Crippen LogP contribution is -2.47. The van der Waals surface area contributed by atoms with Gasteiger partial charge < -0.3 is 9.84 Å². The molecule has 0 aromatic carbocycles. The Hall–Kier alpha value is -0.120. The van der Waals surface area contributed by atoms with Crippen LogP contribution in [-0.4, -0.2) is 48.5 Å². The summed E-state index contributed by atoms with van der Waals surface area (Å²) >= 11 is 0. The Bertz CT molecular complexity index is 175. The molecule has 1 rings (SSSR count). The zero-order valence-electron chi connectivity index (χ0n) is 10.3. The zero-order valence-corrected chi connectivity index (χ0v) is 10.3. The van der Waals surface area contributed by atoms with Crippen molar-refractivity contribution in [3.05, 3.63) is 0 Å². The maximum atomic E-state index is 9.92. The molecule has 0 aromatic rings. The monoisotopic (exact) mass is 215 g/mol. The zero-order chi connectivity index (χ0) is 11.3. The number of nitrogens with zero attached hydrogens (tertiary/aromatic N) is 1. The maximum Gasteiger partial charge on any atom is 0.0695 e. The summed E-state index contributed by atoms with van der Waals surface area (Å²) in [5, 5.41) is 9.92. The summed E-state index contributed by atoms with van der Waals surface area (Å²) in [6.07, 6.45) is 4.26. The molecule has 0 aliphatic heterocycles. The normalized spacial score (nSPS) is 28.6. The van der Waals surface area contributed by atoms with Gasteiger partial charge in [-0.2, -0.15) is 0 Å². The highest BCUT2D eigenvalue weighted by molar-refractivity contribution is 4.87. The van der Waals surface area contributed by atoms with Gasteiger partial charge in [0.15, 0.2) is 0 Å². The van der Waals surface area contributed by atoms with E-state index in [0.717, 1.165) is 38.8 Å². The fraction of sp³-hybridized carbons (Fsp3) is 1.00. The van der Waals surface area contributed by atoms with Crippen molar-refractivity contribution in [3.63, 3.8) is 0 Å². The van der Waals surface area contributed by atoms with Crippen LogP contribution in [0.4, 0.5) is 0 Å². The van der Waals surface area contributed by atoms with E-state index in [1.54, 1.807) is 7.11 Å². The van der Waals surface area contributed by atoms with E-state index in [0.29, 0.717) is 12.1 Å². The maximum absolute atomic E-state index is 9.92. The van der Waals surface area contributed by atoms with Gasteiger partial charge in [-0.25, -0.2) is 0 Å². The molecule has 0 spiro atoms. The summed E-state index contributed by atoms with van der Waals surface area (Å²) in [4.78, 5) is 2.42. The molecule has 0 heterocycles. The Labute approximate surface area is 93.4 Å². The number of hydrogen-bond donors (Lipinski definition) is 1. The van der Waals surface area contributed by atoms with E-state index in [4.69, 9.17) is 4.74 Å². The molecule has 0 aromatic heterocycles. The van der Waals surface area contributed by atoms with Crippen molar-refractivity contribution in [1.29, 1.82) is 0 Å². The molecule has 0 bridgehead atoms. The quantitative estimate of drug-likeness (QED) is 0.731. The van der Waals surface area contributed by atoms with Gasteiger partial charge >= 0.3 is 0 Å². The van der Waals surface area contributed by atoms with Gasteiger partial charge in [0.25, 0.3) is 0 Å². The number of methoxy groups -OCH3 is 1. The second kappa shape index (κ2) is 6.46. The van der Waals surface area contributed by atoms with E-state index in [9.17, 15) is 5.11 Å². The van der Waals surface area contributed by atoms with E-state index in [1.165, 1.54) is 0 Å². The minimum absolute atomic E-state index is 0.129. The Balaban J connectivity index is 2.53. The van der Waals surface area contributed by atoms with Crippen LogP contribution in [0.5, 0.6) is 0 Å². The lowest BCUT2D eigenvalue weighted by Gasteiger charge is -2.35. The summed E-state index contributed by atoms with van der Waals surface area (Å²) in [6.45, 7) is 6.13. The van der Waals surface area contributed by atoms with Gasteiger partial charge in [0.05, 0.1) is 12.7 Å². The van der Waals surface area contributed by atoms with Gasteiger partial charge in [0, 0.05) is 25.7 Å². The molecule has 15 heavy (non-hydrogen) atoms. The van der Waals surface area contributed by atoms with Gasteiger partial charge in [0.2, 0.25) is 0 Å². The SMILES string of the molecule is CCC(C)N(CCOC)[C@H]1CCC[C@@H]1O. The minimum atomic E-state index is -0.129. The Morgan fingerprint density at radius 3 is 2.67 bits per heavy atom. The van der Waals surface area contributed by atoms with Crippen molar-refractivity contribution in [2.24, 2.45) is 0 Å². The first-order valence-corrected chi connectivity index (χ1v) is 6.13. The Morgan fingerprint density at radius 1 is 1.47 bits per heavy atom. The molecular weight excluding hydrogens is 190 g/mol. The minimum Gasteiger partial charge on any atom is -0.391 e. The molecular formula is C12H25NO2. The molecule has 3 nitrogen and oxygen atoms in total. The third-order valence-electron chi connectivity index (χ3n) is 3.58. The molecule has 1 aliphatic carbocycles. The largest absolute Gasteiger partial charge is 0.391 e. The number of rotatable bonds is 6. The summed E-state index contributed by atoms with van der Waals surface area (Å²) < 4.78 is 5.14. The van der Waals surface area contributed by atoms with Crippen molar-refractivity contribution in [2.45, 2.75) is 57.7 Å². The topological polar surface area (TPSA) is 32.7 Å². The van der Waals surface area contributed by atoms with E-state index in [-0.39, 0.29) is 6.10 Å². The molecule has 1 unspecified atom stereocenters. The number of aliphatic hydroxyl groups excluding tert-OH is 1. The third-order valence-corrected chi connectivity index (χ3v) is 3.58. The molecule has 1 saturated carbocycles. The van der Waals surface area contributed by atoms with Gasteiger partial charge in [-0.3, -0.25) is 4.90 Å². The Morgan fingerprint density at radius 2 is 2.20 bits per heavy atom. The average Bonchev–Trinajstić information content (AvgIpc) is 2.65. The van der Waals surface area contributed by atoms with Crippen LogP contribution in [-0.2, 0) is 4.74 Å². The van der Waals surface area contributed by atoms with Gasteiger partial charge in [-0.15, -0.1) is 0 Å². The molecule has 3 heteroatoms. The van der Waals surface area contributed by atoms with Crippen LogP contribution in [0.1, 0.15) is 39.5 Å². The second-order valence-corrected chi connectivity index (χ2v) is 4.55. The molecule has 0 radical (unpaired) electrons. The van der Waals surface area contributed by atoms with Crippen LogP contribution >= 0.6 is 0 Å². The predicted molar refractivity (Wildman–Crippen MR) is 62.0 cm³/mol. The first-order valence-electron chi connectivity index (χ1n) is 6.13. The number of ether oxygens (including phenoxy) is 1. The third kappa shape index (κ3) is 3.44. The van der Waals surface area contributed by atoms with E-state index in [2.05, 4.69) is 18.7 Å². The molecule has 0 amide bonds. The smallest absolute Gasteiger partial charge is 0.0695 e. The van der Waals surface area contributed by atoms with Gasteiger partial charge in [-0.1, -0.05) is 6.92 Å². The molecule has 0 saturated heterocycles. The molecule has 1 fully saturated rings. The highest BCUT2D eigenvalue weighted by Gasteiger charge is 2.32. The Kier molecular flexibility index (Phi) is 5.58. The first kappa shape index (κ1) is 12.9. The van der Waals surface area contributed by atoms with Gasteiger partial charge in [-0.05, 0) is 32.6 Å². The first-order chi connectivity index (χ1) is 7.20. The summed E-state index contributed by atoms with van der Waals surface area (Å²) in [7, 11) is 1.74. The van der Waals surface area contributed by atoms with Crippen molar-refractivity contribution in [2.75, 3.05) is 20.3 Å². The van der Waals surface area contributed by atoms with Crippen molar-refractivity contribution in [1.82, 2.24) is 4.90 Å². The summed E-state index contributed by atoms with van der Waals surface area (Å²) in [5.41, 5.74) is 0. The molecule has 1 N–H and O–H groups in total. The van der Waals surface area contributed by atoms with Crippen LogP contribution in [0.15, 0.2) is 0 Å². The molecule has 1 aliphatic rings. The molecule has 3 atom stereocenters. The lowest BCUT2D eigenvalue weighted by molar-refractivity contribution is 0.0287. The predicted octanol–water partition coefficient (Wildman–Crippen LogP) is 1.65. The number of hydrogen-bond acceptors (Lipinski definition) is 3. The van der Waals surface area contributed by atoms with Crippen LogP contribution < -0.4 is 0 Å². The summed E-state index contributed by atoms with van der Waals surface area (Å²) in [6, 6.07) is 0.896. The van der Waals surface area contributed by atoms with Gasteiger partial charge in [0.1, 0.15) is 0 Å². The average molecular weight is 215 g/mol. The van der Waals surface area contributed by atoms with Crippen LogP contribution in [0.3, 0.4) is 0 Å². The van der Waals surface area contributed by atoms with Crippen molar-refractivity contribution >= 4 is 0 Å².